The average molecular weight is 613 g/mol. The number of sulfonamides is 1. The number of rotatable bonds is 5. The number of hydrogen-bond acceptors (Lipinski definition) is 5. The molecule has 2 aliphatic heterocycles. The van der Waals surface area contributed by atoms with Gasteiger partial charge in [0, 0.05) is 34.0 Å². The molecule has 0 saturated carbocycles. The number of nitrogens with one attached hydrogen (secondary N) is 1. The maximum atomic E-state index is 14.0. The van der Waals surface area contributed by atoms with Crippen LogP contribution in [0.4, 0.5) is 11.6 Å². The van der Waals surface area contributed by atoms with Crippen molar-refractivity contribution in [2.45, 2.75) is 23.9 Å². The van der Waals surface area contributed by atoms with Gasteiger partial charge in [-0.2, -0.15) is 4.31 Å². The van der Waals surface area contributed by atoms with Gasteiger partial charge >= 0.3 is 0 Å². The van der Waals surface area contributed by atoms with E-state index in [1.807, 2.05) is 24.3 Å². The SMILES string of the molecule is C[C@@]1(Cc2ccc(Br)cc2)C(=O)N(c2cc(Cl)cc(Cl)c2)c2ncc(S(=O)(=O)N3CCNC(=O)C3)n21. The molecule has 2 amide bonds. The summed E-state index contributed by atoms with van der Waals surface area (Å²) < 4.78 is 30.8. The summed E-state index contributed by atoms with van der Waals surface area (Å²) in [6.45, 7) is 1.67. The lowest BCUT2D eigenvalue weighted by molar-refractivity contribution is -0.124. The molecule has 2 aliphatic rings. The van der Waals surface area contributed by atoms with Gasteiger partial charge in [-0.25, -0.2) is 18.3 Å². The van der Waals surface area contributed by atoms with Crippen molar-refractivity contribution in [2.75, 3.05) is 24.5 Å². The quantitative estimate of drug-likeness (QED) is 0.473. The van der Waals surface area contributed by atoms with Crippen LogP contribution in [0.2, 0.25) is 10.0 Å². The number of aromatic nitrogens is 2. The molecule has 1 aromatic heterocycles. The van der Waals surface area contributed by atoms with Crippen molar-refractivity contribution in [3.05, 3.63) is 68.7 Å². The molecule has 2 aromatic carbocycles. The molecule has 0 bridgehead atoms. The van der Waals surface area contributed by atoms with Crippen LogP contribution in [0, 0.1) is 0 Å². The molecule has 188 valence electrons. The van der Waals surface area contributed by atoms with E-state index < -0.39 is 21.5 Å². The summed E-state index contributed by atoms with van der Waals surface area (Å²) in [6, 6.07) is 12.1. The van der Waals surface area contributed by atoms with Crippen LogP contribution in [0.3, 0.4) is 0 Å². The molecule has 1 N–H and O–H groups in total. The molecular formula is C23H20BrCl2N5O4S. The molecule has 3 aromatic rings. The van der Waals surface area contributed by atoms with Crippen LogP contribution in [0.25, 0.3) is 0 Å². The molecule has 9 nitrogen and oxygen atoms in total. The van der Waals surface area contributed by atoms with Crippen LogP contribution in [-0.2, 0) is 31.6 Å². The van der Waals surface area contributed by atoms with Gasteiger partial charge in [0.1, 0.15) is 5.54 Å². The van der Waals surface area contributed by atoms with Gasteiger partial charge in [-0.05, 0) is 42.8 Å². The highest BCUT2D eigenvalue weighted by atomic mass is 79.9. The summed E-state index contributed by atoms with van der Waals surface area (Å²) in [5.41, 5.74) is -0.167. The van der Waals surface area contributed by atoms with Crippen LogP contribution in [0.5, 0.6) is 0 Å². The predicted molar refractivity (Wildman–Crippen MR) is 139 cm³/mol. The van der Waals surface area contributed by atoms with E-state index >= 15 is 0 Å². The van der Waals surface area contributed by atoms with Gasteiger partial charge in [0.2, 0.25) is 11.9 Å². The van der Waals surface area contributed by atoms with E-state index in [1.165, 1.54) is 21.7 Å². The number of fused-ring (bicyclic) bond motifs is 1. The Morgan fingerprint density at radius 3 is 2.42 bits per heavy atom. The van der Waals surface area contributed by atoms with Gasteiger partial charge in [-0.1, -0.05) is 51.3 Å². The zero-order valence-corrected chi connectivity index (χ0v) is 22.8. The lowest BCUT2D eigenvalue weighted by Crippen LogP contribution is -2.50. The topological polar surface area (TPSA) is 105 Å². The van der Waals surface area contributed by atoms with E-state index in [9.17, 15) is 18.0 Å². The molecule has 5 rings (SSSR count). The van der Waals surface area contributed by atoms with Crippen LogP contribution in [0.1, 0.15) is 12.5 Å². The highest BCUT2D eigenvalue weighted by Crippen LogP contribution is 2.44. The Hall–Kier alpha value is -2.44. The normalized spacial score (nSPS) is 20.5. The highest BCUT2D eigenvalue weighted by Gasteiger charge is 2.52. The summed E-state index contributed by atoms with van der Waals surface area (Å²) in [5.74, 6) is -0.660. The van der Waals surface area contributed by atoms with Crippen LogP contribution >= 0.6 is 39.1 Å². The Morgan fingerprint density at radius 1 is 1.11 bits per heavy atom. The van der Waals surface area contributed by atoms with E-state index in [0.717, 1.165) is 14.3 Å². The zero-order chi connectivity index (χ0) is 25.8. The van der Waals surface area contributed by atoms with Gasteiger partial charge in [-0.15, -0.1) is 0 Å². The van der Waals surface area contributed by atoms with Crippen molar-refractivity contribution in [3.63, 3.8) is 0 Å². The third kappa shape index (κ3) is 4.22. The van der Waals surface area contributed by atoms with Crippen molar-refractivity contribution >= 4 is 72.6 Å². The summed E-state index contributed by atoms with van der Waals surface area (Å²) in [7, 11) is -4.16. The number of imidazole rings is 1. The summed E-state index contributed by atoms with van der Waals surface area (Å²) in [6.07, 6.45) is 1.42. The third-order valence-electron chi connectivity index (χ3n) is 6.24. The minimum atomic E-state index is -4.16. The standard InChI is InChI=1S/C23H20BrCl2N5O4S/c1-23(11-14-2-4-15(24)5-3-14)21(33)30(18-9-16(25)8-17(26)10-18)22-28-12-20(31(22)23)36(34,35)29-7-6-27-19(32)13-29/h2-5,8-10,12H,6-7,11,13H2,1H3,(H,27,32)/t23-/m1/s1. The number of piperazine rings is 1. The maximum absolute atomic E-state index is 14.0. The molecule has 0 aliphatic carbocycles. The van der Waals surface area contributed by atoms with Gasteiger partial charge < -0.3 is 5.32 Å². The lowest BCUT2D eigenvalue weighted by atomic mass is 9.92. The highest BCUT2D eigenvalue weighted by molar-refractivity contribution is 9.10. The van der Waals surface area contributed by atoms with Gasteiger partial charge in [0.05, 0.1) is 18.4 Å². The number of carbonyl (C=O) groups is 2. The van der Waals surface area contributed by atoms with E-state index in [-0.39, 0.29) is 42.9 Å². The molecule has 13 heteroatoms. The number of anilines is 2. The summed E-state index contributed by atoms with van der Waals surface area (Å²) in [5, 5.41) is 3.09. The fourth-order valence-electron chi connectivity index (χ4n) is 4.57. The third-order valence-corrected chi connectivity index (χ3v) is 9.02. The Morgan fingerprint density at radius 2 is 1.78 bits per heavy atom. The zero-order valence-electron chi connectivity index (χ0n) is 18.9. The van der Waals surface area contributed by atoms with Gasteiger partial charge in [0.25, 0.3) is 15.9 Å². The minimum Gasteiger partial charge on any atom is -0.354 e. The van der Waals surface area contributed by atoms with E-state index in [2.05, 4.69) is 26.2 Å². The molecule has 1 saturated heterocycles. The second kappa shape index (κ2) is 9.14. The minimum absolute atomic E-state index is 0.111. The van der Waals surface area contributed by atoms with Crippen molar-refractivity contribution in [1.82, 2.24) is 19.2 Å². The first-order chi connectivity index (χ1) is 17.0. The van der Waals surface area contributed by atoms with Crippen molar-refractivity contribution < 1.29 is 18.0 Å². The summed E-state index contributed by atoms with van der Waals surface area (Å²) >= 11 is 15.8. The second-order valence-electron chi connectivity index (χ2n) is 8.77. The number of carbonyl (C=O) groups excluding carboxylic acids is 2. The molecule has 0 unspecified atom stereocenters. The fraction of sp³-hybridized carbons (Fsp3) is 0.261. The first-order valence-electron chi connectivity index (χ1n) is 10.9. The fourth-order valence-corrected chi connectivity index (χ4v) is 6.93. The van der Waals surface area contributed by atoms with Crippen molar-refractivity contribution in [3.8, 4) is 0 Å². The largest absolute Gasteiger partial charge is 0.354 e. The average Bonchev–Trinajstić information content (AvgIpc) is 3.34. The first kappa shape index (κ1) is 25.2. The molecular weight excluding hydrogens is 593 g/mol. The van der Waals surface area contributed by atoms with Gasteiger partial charge in [0.15, 0.2) is 5.03 Å². The molecule has 1 fully saturated rings. The first-order valence-corrected chi connectivity index (χ1v) is 13.9. The second-order valence-corrected chi connectivity index (χ2v) is 12.4. The summed E-state index contributed by atoms with van der Waals surface area (Å²) in [4.78, 5) is 31.7. The lowest BCUT2D eigenvalue weighted by Gasteiger charge is -2.29. The van der Waals surface area contributed by atoms with E-state index in [0.29, 0.717) is 15.7 Å². The molecule has 3 heterocycles. The smallest absolute Gasteiger partial charge is 0.260 e. The maximum Gasteiger partial charge on any atom is 0.260 e. The number of halogens is 3. The van der Waals surface area contributed by atoms with E-state index in [1.54, 1.807) is 19.1 Å². The molecule has 0 spiro atoms. The van der Waals surface area contributed by atoms with Crippen LogP contribution in [-0.4, -0.2) is 53.7 Å². The van der Waals surface area contributed by atoms with Crippen molar-refractivity contribution in [1.29, 1.82) is 0 Å². The molecule has 36 heavy (non-hydrogen) atoms. The Balaban J connectivity index is 1.68. The number of hydrogen-bond donors (Lipinski definition) is 1. The molecule has 1 atom stereocenters. The Bertz CT molecular complexity index is 1470. The van der Waals surface area contributed by atoms with Crippen LogP contribution in [0.15, 0.2) is 58.2 Å². The van der Waals surface area contributed by atoms with Crippen LogP contribution < -0.4 is 10.2 Å². The monoisotopic (exact) mass is 611 g/mol. The number of nitrogens with zero attached hydrogens (tertiary/aromatic N) is 4. The number of amides is 2. The van der Waals surface area contributed by atoms with Gasteiger partial charge in [-0.3, -0.25) is 14.2 Å². The Labute approximate surface area is 226 Å². The predicted octanol–water partition coefficient (Wildman–Crippen LogP) is 3.71. The Kier molecular flexibility index (Phi) is 6.40. The molecule has 0 radical (unpaired) electrons. The van der Waals surface area contributed by atoms with Crippen molar-refractivity contribution in [2.24, 2.45) is 0 Å². The van der Waals surface area contributed by atoms with E-state index in [4.69, 9.17) is 23.2 Å². The number of benzene rings is 2.